The van der Waals surface area contributed by atoms with Gasteiger partial charge in [0.15, 0.2) is 0 Å². The Morgan fingerprint density at radius 2 is 2.09 bits per heavy atom. The lowest BCUT2D eigenvalue weighted by molar-refractivity contribution is -0.138. The minimum absolute atomic E-state index is 0.142. The Morgan fingerprint density at radius 3 is 2.61 bits per heavy atom. The molecule has 1 aliphatic rings. The van der Waals surface area contributed by atoms with Crippen molar-refractivity contribution in [2.75, 3.05) is 13.7 Å². The van der Waals surface area contributed by atoms with Gasteiger partial charge in [-0.25, -0.2) is 4.79 Å². The van der Waals surface area contributed by atoms with Gasteiger partial charge in [-0.1, -0.05) is 13.0 Å². The predicted octanol–water partition coefficient (Wildman–Crippen LogP) is 1.64. The molecule has 0 bridgehead atoms. The predicted molar refractivity (Wildman–Crippen MR) is 82.2 cm³/mol. The van der Waals surface area contributed by atoms with Crippen LogP contribution in [0, 0.1) is 6.92 Å². The Morgan fingerprint density at radius 1 is 1.39 bits per heavy atom. The third-order valence-corrected chi connectivity index (χ3v) is 4.14. The van der Waals surface area contributed by atoms with E-state index in [1.54, 1.807) is 32.2 Å². The first-order valence-corrected chi connectivity index (χ1v) is 7.36. The van der Waals surface area contributed by atoms with Gasteiger partial charge >= 0.3 is 12.0 Å². The first kappa shape index (κ1) is 16.8. The van der Waals surface area contributed by atoms with E-state index in [1.165, 1.54) is 0 Å². The molecule has 1 aliphatic heterocycles. The normalized spacial score (nSPS) is 20.6. The van der Waals surface area contributed by atoms with Crippen LogP contribution in [0.15, 0.2) is 18.2 Å². The molecule has 2 rings (SSSR count). The number of carboxylic acid groups (broad SMARTS) is 1. The molecule has 1 heterocycles. The summed E-state index contributed by atoms with van der Waals surface area (Å²) in [4.78, 5) is 36.6. The van der Waals surface area contributed by atoms with Crippen molar-refractivity contribution in [3.63, 3.8) is 0 Å². The van der Waals surface area contributed by atoms with E-state index in [1.807, 2.05) is 6.92 Å². The standard InChI is InChI=1S/C16H20N2O5/c1-4-16(11-5-6-12(23-3)10(2)9-11)14(21)18(15(22)17-16)8-7-13(19)20/h5-6,9H,4,7-8H2,1-3H3,(H,17,22)(H,19,20). The molecule has 124 valence electrons. The fourth-order valence-electron chi connectivity index (χ4n) is 2.82. The van der Waals surface area contributed by atoms with Crippen LogP contribution in [-0.4, -0.2) is 41.6 Å². The van der Waals surface area contributed by atoms with Crippen LogP contribution in [0.1, 0.15) is 30.9 Å². The maximum atomic E-state index is 12.8. The monoisotopic (exact) mass is 320 g/mol. The largest absolute Gasteiger partial charge is 0.496 e. The highest BCUT2D eigenvalue weighted by atomic mass is 16.5. The fraction of sp³-hybridized carbons (Fsp3) is 0.438. The topological polar surface area (TPSA) is 95.9 Å². The van der Waals surface area contributed by atoms with Crippen LogP contribution < -0.4 is 10.1 Å². The van der Waals surface area contributed by atoms with Gasteiger partial charge in [0.2, 0.25) is 0 Å². The molecular weight excluding hydrogens is 300 g/mol. The molecular formula is C16H20N2O5. The number of aliphatic carboxylic acids is 1. The van der Waals surface area contributed by atoms with Crippen LogP contribution >= 0.6 is 0 Å². The molecule has 2 N–H and O–H groups in total. The Labute approximate surface area is 134 Å². The summed E-state index contributed by atoms with van der Waals surface area (Å²) >= 11 is 0. The molecule has 0 radical (unpaired) electrons. The number of methoxy groups -OCH3 is 1. The molecule has 1 saturated heterocycles. The Hall–Kier alpha value is -2.57. The van der Waals surface area contributed by atoms with E-state index in [9.17, 15) is 14.4 Å². The fourth-order valence-corrected chi connectivity index (χ4v) is 2.82. The molecule has 0 saturated carbocycles. The number of urea groups is 1. The van der Waals surface area contributed by atoms with E-state index in [4.69, 9.17) is 9.84 Å². The second-order valence-electron chi connectivity index (χ2n) is 5.47. The van der Waals surface area contributed by atoms with Crippen molar-refractivity contribution in [2.45, 2.75) is 32.2 Å². The molecule has 1 aromatic carbocycles. The van der Waals surface area contributed by atoms with Gasteiger partial charge < -0.3 is 15.2 Å². The molecule has 1 unspecified atom stereocenters. The molecule has 7 heteroatoms. The first-order chi connectivity index (χ1) is 10.9. The quantitative estimate of drug-likeness (QED) is 0.777. The van der Waals surface area contributed by atoms with Crippen molar-refractivity contribution < 1.29 is 24.2 Å². The number of imide groups is 1. The summed E-state index contributed by atoms with van der Waals surface area (Å²) in [7, 11) is 1.56. The van der Waals surface area contributed by atoms with E-state index in [-0.39, 0.29) is 13.0 Å². The first-order valence-electron chi connectivity index (χ1n) is 7.36. The SMILES string of the molecule is CCC1(c2ccc(OC)c(C)c2)NC(=O)N(CCC(=O)O)C1=O. The maximum absolute atomic E-state index is 12.8. The second-order valence-corrected chi connectivity index (χ2v) is 5.47. The minimum atomic E-state index is -1.16. The van der Waals surface area contributed by atoms with Crippen LogP contribution in [-0.2, 0) is 15.1 Å². The summed E-state index contributed by atoms with van der Waals surface area (Å²) in [5.74, 6) is -0.782. The van der Waals surface area contributed by atoms with E-state index in [0.717, 1.165) is 10.5 Å². The Bertz CT molecular complexity index is 658. The highest BCUT2D eigenvalue weighted by molar-refractivity contribution is 6.07. The zero-order chi connectivity index (χ0) is 17.2. The van der Waals surface area contributed by atoms with Crippen molar-refractivity contribution in [1.82, 2.24) is 10.2 Å². The number of carbonyl (C=O) groups excluding carboxylic acids is 2. The third-order valence-electron chi connectivity index (χ3n) is 4.14. The van der Waals surface area contributed by atoms with Gasteiger partial charge in [-0.05, 0) is 36.6 Å². The lowest BCUT2D eigenvalue weighted by Crippen LogP contribution is -2.43. The number of benzene rings is 1. The average molecular weight is 320 g/mol. The van der Waals surface area contributed by atoms with Gasteiger partial charge in [0, 0.05) is 6.54 Å². The lowest BCUT2D eigenvalue weighted by Gasteiger charge is -2.26. The lowest BCUT2D eigenvalue weighted by atomic mass is 9.86. The van der Waals surface area contributed by atoms with Crippen LogP contribution in [0.5, 0.6) is 5.75 Å². The van der Waals surface area contributed by atoms with Gasteiger partial charge in [0.05, 0.1) is 13.5 Å². The molecule has 0 aromatic heterocycles. The Balaban J connectivity index is 2.37. The summed E-state index contributed by atoms with van der Waals surface area (Å²) in [5.41, 5.74) is 0.352. The van der Waals surface area contributed by atoms with E-state index in [2.05, 4.69) is 5.32 Å². The summed E-state index contributed by atoms with van der Waals surface area (Å²) < 4.78 is 5.22. The number of aryl methyl sites for hydroxylation is 1. The third kappa shape index (κ3) is 2.86. The van der Waals surface area contributed by atoms with Gasteiger partial charge in [0.25, 0.3) is 5.91 Å². The van der Waals surface area contributed by atoms with Gasteiger partial charge in [-0.15, -0.1) is 0 Å². The number of carboxylic acids is 1. The smallest absolute Gasteiger partial charge is 0.325 e. The number of hydrogen-bond acceptors (Lipinski definition) is 4. The van der Waals surface area contributed by atoms with Crippen molar-refractivity contribution in [3.8, 4) is 5.75 Å². The molecule has 1 fully saturated rings. The Kier molecular flexibility index (Phi) is 4.58. The zero-order valence-corrected chi connectivity index (χ0v) is 13.4. The number of rotatable bonds is 6. The highest BCUT2D eigenvalue weighted by Gasteiger charge is 2.51. The van der Waals surface area contributed by atoms with E-state index in [0.29, 0.717) is 17.7 Å². The summed E-state index contributed by atoms with van der Waals surface area (Å²) in [6.07, 6.45) is 0.0908. The molecule has 23 heavy (non-hydrogen) atoms. The van der Waals surface area contributed by atoms with Crippen LogP contribution in [0.3, 0.4) is 0 Å². The average Bonchev–Trinajstić information content (AvgIpc) is 2.76. The molecule has 0 spiro atoms. The minimum Gasteiger partial charge on any atom is -0.496 e. The van der Waals surface area contributed by atoms with Crippen molar-refractivity contribution in [3.05, 3.63) is 29.3 Å². The van der Waals surface area contributed by atoms with Crippen LogP contribution in [0.25, 0.3) is 0 Å². The number of ether oxygens (including phenoxy) is 1. The number of nitrogens with one attached hydrogen (secondary N) is 1. The second kappa shape index (κ2) is 6.28. The molecule has 3 amide bonds. The van der Waals surface area contributed by atoms with Crippen molar-refractivity contribution >= 4 is 17.9 Å². The van der Waals surface area contributed by atoms with Crippen molar-refractivity contribution in [1.29, 1.82) is 0 Å². The maximum Gasteiger partial charge on any atom is 0.325 e. The molecule has 1 atom stereocenters. The van der Waals surface area contributed by atoms with Gasteiger partial charge in [-0.3, -0.25) is 14.5 Å². The molecule has 0 aliphatic carbocycles. The summed E-state index contributed by atoms with van der Waals surface area (Å²) in [5, 5.41) is 11.5. The molecule has 7 nitrogen and oxygen atoms in total. The van der Waals surface area contributed by atoms with Gasteiger partial charge in [0.1, 0.15) is 11.3 Å². The zero-order valence-electron chi connectivity index (χ0n) is 13.4. The summed E-state index contributed by atoms with van der Waals surface area (Å²) in [6.45, 7) is 3.52. The number of hydrogen-bond donors (Lipinski definition) is 2. The molecule has 1 aromatic rings. The van der Waals surface area contributed by atoms with Crippen LogP contribution in [0.2, 0.25) is 0 Å². The number of carbonyl (C=O) groups is 3. The van der Waals surface area contributed by atoms with E-state index >= 15 is 0 Å². The van der Waals surface area contributed by atoms with Crippen molar-refractivity contribution in [2.24, 2.45) is 0 Å². The highest BCUT2D eigenvalue weighted by Crippen LogP contribution is 2.34. The number of nitrogens with zero attached hydrogens (tertiary/aromatic N) is 1. The van der Waals surface area contributed by atoms with E-state index < -0.39 is 23.4 Å². The van der Waals surface area contributed by atoms with Crippen LogP contribution in [0.4, 0.5) is 4.79 Å². The van der Waals surface area contributed by atoms with Gasteiger partial charge in [-0.2, -0.15) is 0 Å². The number of amides is 3. The summed E-state index contributed by atoms with van der Waals surface area (Å²) in [6, 6.07) is 4.74.